The number of hydrogen-bond acceptors (Lipinski definition) is 7. The van der Waals surface area contributed by atoms with Gasteiger partial charge >= 0.3 is 0 Å². The maximum atomic E-state index is 16.1. The lowest BCUT2D eigenvalue weighted by Crippen LogP contribution is -2.60. The summed E-state index contributed by atoms with van der Waals surface area (Å²) in [5, 5.41) is 10.9. The molecule has 6 rings (SSSR count). The Bertz CT molecular complexity index is 1480. The topological polar surface area (TPSA) is 95.3 Å². The monoisotopic (exact) mass is 552 g/mol. The summed E-state index contributed by atoms with van der Waals surface area (Å²) in [6.07, 6.45) is 7.28. The van der Waals surface area contributed by atoms with Gasteiger partial charge in [-0.1, -0.05) is 0 Å². The molecule has 1 aliphatic carbocycles. The molecular formula is C29H31F3N6O2. The Morgan fingerprint density at radius 3 is 2.62 bits per heavy atom. The normalized spacial score (nSPS) is 24.3. The molecule has 0 radical (unpaired) electrons. The quantitative estimate of drug-likeness (QED) is 0.491. The van der Waals surface area contributed by atoms with Crippen LogP contribution in [0.25, 0.3) is 11.4 Å². The zero-order valence-electron chi connectivity index (χ0n) is 22.6. The average Bonchev–Trinajstić information content (AvgIpc) is 3.73. The summed E-state index contributed by atoms with van der Waals surface area (Å²) >= 11 is 0. The molecule has 11 heteroatoms. The van der Waals surface area contributed by atoms with Crippen LogP contribution in [-0.2, 0) is 12.1 Å². The van der Waals surface area contributed by atoms with E-state index >= 15 is 4.39 Å². The minimum atomic E-state index is -1.23. The number of aryl methyl sites for hydroxylation is 1. The number of halogens is 3. The molecule has 8 nitrogen and oxygen atoms in total. The molecule has 1 N–H and O–H groups in total. The molecule has 5 heterocycles. The van der Waals surface area contributed by atoms with Gasteiger partial charge in [-0.25, -0.2) is 23.1 Å². The molecular weight excluding hydrogens is 521 g/mol. The van der Waals surface area contributed by atoms with Crippen LogP contribution in [0.4, 0.5) is 13.2 Å². The molecule has 1 amide bonds. The summed E-state index contributed by atoms with van der Waals surface area (Å²) in [7, 11) is 0. The van der Waals surface area contributed by atoms with Gasteiger partial charge in [-0.05, 0) is 64.0 Å². The van der Waals surface area contributed by atoms with Gasteiger partial charge in [-0.2, -0.15) is 0 Å². The van der Waals surface area contributed by atoms with Crippen LogP contribution >= 0.6 is 0 Å². The van der Waals surface area contributed by atoms with Gasteiger partial charge in [0, 0.05) is 49.7 Å². The van der Waals surface area contributed by atoms with Crippen LogP contribution in [0.3, 0.4) is 0 Å². The molecule has 2 saturated heterocycles. The van der Waals surface area contributed by atoms with Crippen molar-refractivity contribution in [3.8, 4) is 11.4 Å². The van der Waals surface area contributed by atoms with Gasteiger partial charge in [0.2, 0.25) is 0 Å². The number of carbonyl (C=O) groups is 1. The summed E-state index contributed by atoms with van der Waals surface area (Å²) in [4.78, 5) is 34.5. The van der Waals surface area contributed by atoms with Gasteiger partial charge in [-0.15, -0.1) is 0 Å². The van der Waals surface area contributed by atoms with Crippen molar-refractivity contribution < 1.29 is 23.1 Å². The molecule has 3 fully saturated rings. The molecule has 0 unspecified atom stereocenters. The van der Waals surface area contributed by atoms with E-state index in [0.29, 0.717) is 12.1 Å². The van der Waals surface area contributed by atoms with E-state index in [1.165, 1.54) is 18.5 Å². The number of fused-ring (bicyclic) bond motifs is 2. The summed E-state index contributed by atoms with van der Waals surface area (Å²) in [6.45, 7) is 5.78. The standard InChI is InChI=1S/C29H31F3N6O2/c1-15-11-35-26(21-8-9-33-28(36-21)29(3,40)17-4-5-17)25(32)24(15)27(39)37-13-19-6-7-23(16(37)2)38(19)14-22-20(31)10-18(30)12-34-22/h8-12,16-17,19,23,40H,4-7,13-14H2,1-3H3/t16-,19+,23-,29-/m1/s1. The van der Waals surface area contributed by atoms with Crippen LogP contribution in [0.5, 0.6) is 0 Å². The van der Waals surface area contributed by atoms with Crippen LogP contribution in [0, 0.1) is 30.3 Å². The Kier molecular flexibility index (Phi) is 6.61. The number of piperazine rings is 1. The molecule has 3 aromatic heterocycles. The number of amides is 1. The molecule has 2 aliphatic heterocycles. The van der Waals surface area contributed by atoms with E-state index in [0.717, 1.165) is 37.9 Å². The molecule has 2 bridgehead atoms. The van der Waals surface area contributed by atoms with E-state index in [9.17, 15) is 18.7 Å². The lowest BCUT2D eigenvalue weighted by Gasteiger charge is -2.45. The zero-order chi connectivity index (χ0) is 28.3. The van der Waals surface area contributed by atoms with Crippen molar-refractivity contribution >= 4 is 5.91 Å². The lowest BCUT2D eigenvalue weighted by molar-refractivity contribution is 0.0158. The first-order valence-corrected chi connectivity index (χ1v) is 13.6. The largest absolute Gasteiger partial charge is 0.382 e. The van der Waals surface area contributed by atoms with E-state index in [1.54, 1.807) is 18.7 Å². The number of aliphatic hydroxyl groups is 1. The number of nitrogens with zero attached hydrogens (tertiary/aromatic N) is 6. The minimum absolute atomic E-state index is 0.0570. The highest BCUT2D eigenvalue weighted by molar-refractivity contribution is 5.97. The molecule has 210 valence electrons. The van der Waals surface area contributed by atoms with Gasteiger partial charge in [0.25, 0.3) is 5.91 Å². The third-order valence-corrected chi connectivity index (χ3v) is 8.77. The average molecular weight is 553 g/mol. The Balaban J connectivity index is 1.27. The molecule has 3 aliphatic rings. The van der Waals surface area contributed by atoms with Crippen LogP contribution < -0.4 is 0 Å². The highest BCUT2D eigenvalue weighted by Crippen LogP contribution is 2.44. The number of rotatable bonds is 6. The second kappa shape index (κ2) is 9.88. The molecule has 4 atom stereocenters. The van der Waals surface area contributed by atoms with Crippen molar-refractivity contribution in [3.05, 3.63) is 70.8 Å². The summed E-state index contributed by atoms with van der Waals surface area (Å²) in [5.41, 5.74) is -0.595. The number of pyridine rings is 2. The first-order valence-electron chi connectivity index (χ1n) is 13.6. The third-order valence-electron chi connectivity index (χ3n) is 8.77. The molecule has 0 aromatic carbocycles. The summed E-state index contributed by atoms with van der Waals surface area (Å²) < 4.78 is 43.8. The predicted molar refractivity (Wildman–Crippen MR) is 139 cm³/mol. The van der Waals surface area contributed by atoms with Crippen molar-refractivity contribution in [1.82, 2.24) is 29.7 Å². The first kappa shape index (κ1) is 26.8. The highest BCUT2D eigenvalue weighted by Gasteiger charge is 2.47. The van der Waals surface area contributed by atoms with Crippen LogP contribution in [0.2, 0.25) is 0 Å². The number of aromatic nitrogens is 4. The summed E-state index contributed by atoms with van der Waals surface area (Å²) in [5.74, 6) is -2.36. The van der Waals surface area contributed by atoms with Crippen molar-refractivity contribution in [3.63, 3.8) is 0 Å². The van der Waals surface area contributed by atoms with Gasteiger partial charge in [0.05, 0.1) is 23.1 Å². The zero-order valence-corrected chi connectivity index (χ0v) is 22.6. The fraction of sp³-hybridized carbons (Fsp3) is 0.483. The van der Waals surface area contributed by atoms with Crippen molar-refractivity contribution in [2.24, 2.45) is 5.92 Å². The van der Waals surface area contributed by atoms with Crippen molar-refractivity contribution in [2.45, 2.75) is 76.7 Å². The molecule has 3 aromatic rings. The fourth-order valence-corrected chi connectivity index (χ4v) is 6.25. The highest BCUT2D eigenvalue weighted by atomic mass is 19.1. The van der Waals surface area contributed by atoms with E-state index in [1.807, 2.05) is 6.92 Å². The number of likely N-dealkylation sites (tertiary alicyclic amines) is 1. The minimum Gasteiger partial charge on any atom is -0.382 e. The number of hydrogen-bond donors (Lipinski definition) is 1. The Morgan fingerprint density at radius 1 is 1.12 bits per heavy atom. The Hall–Kier alpha value is -3.44. The smallest absolute Gasteiger partial charge is 0.257 e. The molecule has 40 heavy (non-hydrogen) atoms. The second-order valence-electron chi connectivity index (χ2n) is 11.4. The SMILES string of the molecule is Cc1cnc(-c2ccnc([C@](C)(O)C3CC3)n2)c(F)c1C(=O)N1C[C@@H]2CC[C@H]([C@H]1C)N2Cc1ncc(F)cc1F. The van der Waals surface area contributed by atoms with E-state index < -0.39 is 29.0 Å². The molecule has 0 spiro atoms. The Morgan fingerprint density at radius 2 is 1.90 bits per heavy atom. The Labute approximate surface area is 230 Å². The van der Waals surface area contributed by atoms with Crippen molar-refractivity contribution in [2.75, 3.05) is 6.54 Å². The van der Waals surface area contributed by atoms with Gasteiger partial charge in [0.1, 0.15) is 22.9 Å². The number of carbonyl (C=O) groups excluding carboxylic acids is 1. The molecule has 1 saturated carbocycles. The first-order chi connectivity index (χ1) is 19.1. The summed E-state index contributed by atoms with van der Waals surface area (Å²) in [6, 6.07) is 1.94. The third kappa shape index (κ3) is 4.54. The fourth-order valence-electron chi connectivity index (χ4n) is 6.25. The van der Waals surface area contributed by atoms with Crippen LogP contribution in [-0.4, -0.2) is 65.4 Å². The van der Waals surface area contributed by atoms with E-state index in [4.69, 9.17) is 0 Å². The maximum Gasteiger partial charge on any atom is 0.257 e. The van der Waals surface area contributed by atoms with Crippen LogP contribution in [0.15, 0.2) is 30.7 Å². The predicted octanol–water partition coefficient (Wildman–Crippen LogP) is 4.15. The van der Waals surface area contributed by atoms with Gasteiger partial charge in [0.15, 0.2) is 11.6 Å². The van der Waals surface area contributed by atoms with Gasteiger partial charge < -0.3 is 10.0 Å². The van der Waals surface area contributed by atoms with E-state index in [-0.39, 0.29) is 59.1 Å². The van der Waals surface area contributed by atoms with Crippen LogP contribution in [0.1, 0.15) is 67.0 Å². The van der Waals surface area contributed by atoms with E-state index in [2.05, 4.69) is 24.8 Å². The lowest BCUT2D eigenvalue weighted by atomic mass is 9.99. The second-order valence-corrected chi connectivity index (χ2v) is 11.4. The maximum absolute atomic E-state index is 16.1. The van der Waals surface area contributed by atoms with Crippen molar-refractivity contribution in [1.29, 1.82) is 0 Å². The van der Waals surface area contributed by atoms with Gasteiger partial charge in [-0.3, -0.25) is 19.7 Å².